The monoisotopic (exact) mass is 336 g/mol. The van der Waals surface area contributed by atoms with Gasteiger partial charge in [-0.15, -0.1) is 11.3 Å². The zero-order valence-electron chi connectivity index (χ0n) is 11.0. The highest BCUT2D eigenvalue weighted by Crippen LogP contribution is 2.26. The van der Waals surface area contributed by atoms with E-state index in [0.29, 0.717) is 21.3 Å². The van der Waals surface area contributed by atoms with Gasteiger partial charge in [0, 0.05) is 10.7 Å². The summed E-state index contributed by atoms with van der Waals surface area (Å²) in [4.78, 5) is 16.6. The lowest BCUT2D eigenvalue weighted by Gasteiger charge is -2.07. The van der Waals surface area contributed by atoms with Crippen molar-refractivity contribution in [1.29, 1.82) is 0 Å². The van der Waals surface area contributed by atoms with Crippen LogP contribution < -0.4 is 5.32 Å². The predicted octanol–water partition coefficient (Wildman–Crippen LogP) is 5.16. The molecule has 1 N–H and O–H groups in total. The molecule has 6 heteroatoms. The molecular weight excluding hydrogens is 327 g/mol. The largest absolute Gasteiger partial charge is 0.322 e. The highest BCUT2D eigenvalue weighted by atomic mass is 35.5. The lowest BCUT2D eigenvalue weighted by Crippen LogP contribution is -2.12. The Morgan fingerprint density at radius 1 is 1.19 bits per heavy atom. The number of hydrogen-bond donors (Lipinski definition) is 1. The summed E-state index contributed by atoms with van der Waals surface area (Å²) in [5.74, 6) is -0.289. The first-order valence-electron chi connectivity index (χ1n) is 6.16. The predicted molar refractivity (Wildman–Crippen MR) is 88.8 cm³/mol. The zero-order valence-corrected chi connectivity index (χ0v) is 13.3. The second-order valence-electron chi connectivity index (χ2n) is 4.49. The van der Waals surface area contributed by atoms with Crippen molar-refractivity contribution in [2.75, 3.05) is 5.32 Å². The van der Waals surface area contributed by atoms with Gasteiger partial charge in [0.15, 0.2) is 0 Å². The number of amides is 1. The molecule has 0 aliphatic rings. The second-order valence-corrected chi connectivity index (χ2v) is 6.57. The maximum Gasteiger partial charge on any atom is 0.257 e. The molecule has 0 spiro atoms. The van der Waals surface area contributed by atoms with Crippen molar-refractivity contribution in [3.8, 4) is 0 Å². The third kappa shape index (κ3) is 3.02. The molecule has 2 aromatic carbocycles. The van der Waals surface area contributed by atoms with Gasteiger partial charge in [-0.05, 0) is 43.3 Å². The number of nitrogens with one attached hydrogen (secondary N) is 1. The quantitative estimate of drug-likeness (QED) is 0.701. The van der Waals surface area contributed by atoms with Crippen LogP contribution in [0.5, 0.6) is 0 Å². The molecule has 1 amide bonds. The Morgan fingerprint density at radius 3 is 2.81 bits per heavy atom. The van der Waals surface area contributed by atoms with E-state index in [4.69, 9.17) is 23.2 Å². The first kappa shape index (κ1) is 14.3. The van der Waals surface area contributed by atoms with Crippen LogP contribution in [0, 0.1) is 6.92 Å². The molecule has 0 unspecified atom stereocenters. The van der Waals surface area contributed by atoms with Gasteiger partial charge in [-0.25, -0.2) is 4.98 Å². The van der Waals surface area contributed by atoms with Gasteiger partial charge in [0.2, 0.25) is 0 Å². The average Bonchev–Trinajstić information content (AvgIpc) is 2.80. The molecule has 3 aromatic rings. The minimum absolute atomic E-state index is 0.289. The highest BCUT2D eigenvalue weighted by molar-refractivity contribution is 7.18. The fourth-order valence-electron chi connectivity index (χ4n) is 1.99. The van der Waals surface area contributed by atoms with Crippen molar-refractivity contribution >= 4 is 56.3 Å². The molecule has 21 heavy (non-hydrogen) atoms. The Kier molecular flexibility index (Phi) is 3.85. The molecule has 0 aliphatic heterocycles. The molecule has 0 saturated carbocycles. The molecule has 0 fully saturated rings. The minimum Gasteiger partial charge on any atom is -0.322 e. The fraction of sp³-hybridized carbons (Fsp3) is 0.0667. The maximum atomic E-state index is 12.3. The van der Waals surface area contributed by atoms with E-state index in [1.54, 1.807) is 29.5 Å². The summed E-state index contributed by atoms with van der Waals surface area (Å²) >= 11 is 13.5. The van der Waals surface area contributed by atoms with E-state index in [2.05, 4.69) is 10.3 Å². The lowest BCUT2D eigenvalue weighted by atomic mass is 10.2. The molecule has 1 aromatic heterocycles. The van der Waals surface area contributed by atoms with Crippen LogP contribution >= 0.6 is 34.5 Å². The first-order chi connectivity index (χ1) is 10.0. The van der Waals surface area contributed by atoms with E-state index in [9.17, 15) is 4.79 Å². The molecular formula is C15H10Cl2N2OS. The van der Waals surface area contributed by atoms with Gasteiger partial charge < -0.3 is 5.32 Å². The molecule has 0 saturated heterocycles. The van der Waals surface area contributed by atoms with Crippen molar-refractivity contribution in [2.24, 2.45) is 0 Å². The number of anilines is 1. The van der Waals surface area contributed by atoms with Gasteiger partial charge in [-0.1, -0.05) is 23.2 Å². The van der Waals surface area contributed by atoms with Crippen molar-refractivity contribution < 1.29 is 4.79 Å². The van der Waals surface area contributed by atoms with Crippen molar-refractivity contribution in [2.45, 2.75) is 6.92 Å². The number of carbonyl (C=O) groups is 1. The molecule has 0 bridgehead atoms. The Morgan fingerprint density at radius 2 is 2.00 bits per heavy atom. The normalized spacial score (nSPS) is 10.8. The van der Waals surface area contributed by atoms with E-state index in [0.717, 1.165) is 15.2 Å². The summed E-state index contributed by atoms with van der Waals surface area (Å²) in [6.07, 6.45) is 0. The number of thiazole rings is 1. The Balaban J connectivity index is 1.90. The van der Waals surface area contributed by atoms with Crippen LogP contribution in [0.3, 0.4) is 0 Å². The first-order valence-corrected chi connectivity index (χ1v) is 7.74. The number of hydrogen-bond acceptors (Lipinski definition) is 3. The SMILES string of the molecule is Cc1nc2ccc(NC(=O)c3cc(Cl)ccc3Cl)cc2s1. The maximum absolute atomic E-state index is 12.3. The van der Waals surface area contributed by atoms with Gasteiger partial charge in [0.05, 0.1) is 25.8 Å². The van der Waals surface area contributed by atoms with E-state index in [1.165, 1.54) is 0 Å². The summed E-state index contributed by atoms with van der Waals surface area (Å²) in [6.45, 7) is 1.95. The smallest absolute Gasteiger partial charge is 0.257 e. The van der Waals surface area contributed by atoms with E-state index >= 15 is 0 Å². The molecule has 0 radical (unpaired) electrons. The van der Waals surface area contributed by atoms with Crippen LogP contribution in [0.2, 0.25) is 10.0 Å². The third-order valence-electron chi connectivity index (χ3n) is 2.93. The summed E-state index contributed by atoms with van der Waals surface area (Å²) in [5, 5.41) is 4.65. The number of aryl methyl sites for hydroxylation is 1. The summed E-state index contributed by atoms with van der Waals surface area (Å²) < 4.78 is 1.03. The number of rotatable bonds is 2. The van der Waals surface area contributed by atoms with Crippen LogP contribution in [0.4, 0.5) is 5.69 Å². The van der Waals surface area contributed by atoms with Crippen LogP contribution in [-0.4, -0.2) is 10.9 Å². The topological polar surface area (TPSA) is 42.0 Å². The van der Waals surface area contributed by atoms with Gasteiger partial charge in [0.1, 0.15) is 0 Å². The second kappa shape index (κ2) is 5.64. The number of halogens is 2. The minimum atomic E-state index is -0.289. The molecule has 3 rings (SSSR count). The fourth-order valence-corrected chi connectivity index (χ4v) is 3.23. The van der Waals surface area contributed by atoms with Gasteiger partial charge in [-0.3, -0.25) is 4.79 Å². The van der Waals surface area contributed by atoms with Crippen LogP contribution in [-0.2, 0) is 0 Å². The molecule has 0 aliphatic carbocycles. The van der Waals surface area contributed by atoms with Gasteiger partial charge in [-0.2, -0.15) is 0 Å². The highest BCUT2D eigenvalue weighted by Gasteiger charge is 2.12. The molecule has 1 heterocycles. The Bertz CT molecular complexity index is 845. The number of nitrogens with zero attached hydrogens (tertiary/aromatic N) is 1. The molecule has 106 valence electrons. The summed E-state index contributed by atoms with van der Waals surface area (Å²) in [7, 11) is 0. The standard InChI is InChI=1S/C15H10Cl2N2OS/c1-8-18-13-5-3-10(7-14(13)21-8)19-15(20)11-6-9(16)2-4-12(11)17/h2-7H,1H3,(H,19,20). The van der Waals surface area contributed by atoms with Crippen molar-refractivity contribution in [3.05, 3.63) is 57.0 Å². The van der Waals surface area contributed by atoms with Crippen molar-refractivity contribution in [3.63, 3.8) is 0 Å². The third-order valence-corrected chi connectivity index (χ3v) is 4.42. The molecule has 0 atom stereocenters. The van der Waals surface area contributed by atoms with Crippen molar-refractivity contribution in [1.82, 2.24) is 4.98 Å². The van der Waals surface area contributed by atoms with Gasteiger partial charge >= 0.3 is 0 Å². The van der Waals surface area contributed by atoms with E-state index < -0.39 is 0 Å². The van der Waals surface area contributed by atoms with E-state index in [-0.39, 0.29) is 5.91 Å². The summed E-state index contributed by atoms with van der Waals surface area (Å²) in [5.41, 5.74) is 1.98. The number of benzene rings is 2. The number of aromatic nitrogens is 1. The molecule has 3 nitrogen and oxygen atoms in total. The van der Waals surface area contributed by atoms with Crippen LogP contribution in [0.25, 0.3) is 10.2 Å². The Hall–Kier alpha value is -1.62. The summed E-state index contributed by atoms with van der Waals surface area (Å²) in [6, 6.07) is 10.4. The van der Waals surface area contributed by atoms with Crippen LogP contribution in [0.15, 0.2) is 36.4 Å². The number of carbonyl (C=O) groups excluding carboxylic acids is 1. The van der Waals surface area contributed by atoms with E-state index in [1.807, 2.05) is 25.1 Å². The van der Waals surface area contributed by atoms with Gasteiger partial charge in [0.25, 0.3) is 5.91 Å². The number of fused-ring (bicyclic) bond motifs is 1. The average molecular weight is 337 g/mol. The zero-order chi connectivity index (χ0) is 15.0. The lowest BCUT2D eigenvalue weighted by molar-refractivity contribution is 0.102. The Labute approximate surface area is 135 Å². The van der Waals surface area contributed by atoms with Crippen LogP contribution in [0.1, 0.15) is 15.4 Å².